The highest BCUT2D eigenvalue weighted by Crippen LogP contribution is 2.30. The summed E-state index contributed by atoms with van der Waals surface area (Å²) in [5.41, 5.74) is -0.254. The maximum absolute atomic E-state index is 12.6. The number of halogens is 1. The van der Waals surface area contributed by atoms with Crippen molar-refractivity contribution in [1.29, 1.82) is 0 Å². The molecule has 1 saturated heterocycles. The average Bonchev–Trinajstić information content (AvgIpc) is 2.71. The standard InChI is InChI=1S/C13H19ClN2O2/c1-3-7-16-11(10(14)9-15-16)12(17)13(2)6-4-5-8-18-13/h9H,3-8H2,1-2H3. The Morgan fingerprint density at radius 3 is 3.00 bits per heavy atom. The van der Waals surface area contributed by atoms with E-state index in [9.17, 15) is 4.79 Å². The van der Waals surface area contributed by atoms with E-state index in [1.807, 2.05) is 13.8 Å². The number of ether oxygens (including phenoxy) is 1. The molecule has 0 saturated carbocycles. The summed E-state index contributed by atoms with van der Waals surface area (Å²) >= 11 is 6.10. The van der Waals surface area contributed by atoms with E-state index in [0.29, 0.717) is 23.9 Å². The minimum absolute atomic E-state index is 0.0434. The zero-order valence-corrected chi connectivity index (χ0v) is 11.7. The molecule has 1 aromatic heterocycles. The van der Waals surface area contributed by atoms with Crippen LogP contribution in [0.25, 0.3) is 0 Å². The van der Waals surface area contributed by atoms with Crippen LogP contribution >= 0.6 is 11.6 Å². The monoisotopic (exact) mass is 270 g/mol. The van der Waals surface area contributed by atoms with Gasteiger partial charge in [0.25, 0.3) is 0 Å². The second-order valence-electron chi connectivity index (χ2n) is 4.93. The van der Waals surface area contributed by atoms with E-state index in [4.69, 9.17) is 16.3 Å². The molecular formula is C13H19ClN2O2. The molecule has 2 heterocycles. The number of Topliss-reactive ketones (excluding diaryl/α,β-unsaturated/α-hetero) is 1. The van der Waals surface area contributed by atoms with Crippen LogP contribution in [0.5, 0.6) is 0 Å². The number of aromatic nitrogens is 2. The second kappa shape index (κ2) is 5.41. The van der Waals surface area contributed by atoms with Gasteiger partial charge < -0.3 is 4.74 Å². The molecule has 4 nitrogen and oxygen atoms in total. The van der Waals surface area contributed by atoms with Crippen LogP contribution < -0.4 is 0 Å². The Morgan fingerprint density at radius 2 is 2.39 bits per heavy atom. The van der Waals surface area contributed by atoms with Gasteiger partial charge >= 0.3 is 0 Å². The summed E-state index contributed by atoms with van der Waals surface area (Å²) in [6, 6.07) is 0. The molecule has 1 aliphatic heterocycles. The van der Waals surface area contributed by atoms with Crippen molar-refractivity contribution in [2.75, 3.05) is 6.61 Å². The summed E-state index contributed by atoms with van der Waals surface area (Å²) in [4.78, 5) is 12.6. The van der Waals surface area contributed by atoms with Crippen molar-refractivity contribution in [3.05, 3.63) is 16.9 Å². The van der Waals surface area contributed by atoms with Crippen LogP contribution in [-0.4, -0.2) is 27.8 Å². The number of rotatable bonds is 4. The third-order valence-electron chi connectivity index (χ3n) is 3.39. The van der Waals surface area contributed by atoms with Gasteiger partial charge in [0.2, 0.25) is 5.78 Å². The van der Waals surface area contributed by atoms with Gasteiger partial charge in [0.1, 0.15) is 11.3 Å². The van der Waals surface area contributed by atoms with E-state index >= 15 is 0 Å². The molecule has 0 bridgehead atoms. The van der Waals surface area contributed by atoms with Crippen LogP contribution in [0, 0.1) is 0 Å². The van der Waals surface area contributed by atoms with Crippen molar-refractivity contribution in [2.45, 2.75) is 51.7 Å². The lowest BCUT2D eigenvalue weighted by atomic mass is 9.90. The maximum Gasteiger partial charge on any atom is 0.213 e. The molecule has 0 radical (unpaired) electrons. The Labute approximate surface area is 112 Å². The zero-order valence-electron chi connectivity index (χ0n) is 10.9. The molecule has 1 aliphatic rings. The smallest absolute Gasteiger partial charge is 0.213 e. The minimum atomic E-state index is -0.743. The first-order valence-electron chi connectivity index (χ1n) is 6.48. The number of hydrogen-bond donors (Lipinski definition) is 0. The number of aryl methyl sites for hydroxylation is 1. The van der Waals surface area contributed by atoms with Crippen LogP contribution in [-0.2, 0) is 11.3 Å². The Morgan fingerprint density at radius 1 is 1.61 bits per heavy atom. The van der Waals surface area contributed by atoms with Gasteiger partial charge in [0, 0.05) is 13.2 Å². The Kier molecular flexibility index (Phi) is 4.07. The number of carbonyl (C=O) groups excluding carboxylic acids is 1. The van der Waals surface area contributed by atoms with Crippen LogP contribution in [0.2, 0.25) is 5.02 Å². The van der Waals surface area contributed by atoms with E-state index in [0.717, 1.165) is 25.7 Å². The van der Waals surface area contributed by atoms with Gasteiger partial charge in [-0.05, 0) is 32.6 Å². The molecule has 1 fully saturated rings. The van der Waals surface area contributed by atoms with Gasteiger partial charge in [-0.25, -0.2) is 0 Å². The molecule has 1 unspecified atom stereocenters. The average molecular weight is 271 g/mol. The van der Waals surface area contributed by atoms with Gasteiger partial charge in [-0.3, -0.25) is 9.48 Å². The minimum Gasteiger partial charge on any atom is -0.367 e. The molecule has 5 heteroatoms. The van der Waals surface area contributed by atoms with Crippen molar-refractivity contribution in [3.63, 3.8) is 0 Å². The highest BCUT2D eigenvalue weighted by Gasteiger charge is 2.39. The molecule has 0 aliphatic carbocycles. The summed E-state index contributed by atoms with van der Waals surface area (Å²) in [6.45, 7) is 5.24. The first-order chi connectivity index (χ1) is 8.58. The fourth-order valence-corrected chi connectivity index (χ4v) is 2.56. The summed E-state index contributed by atoms with van der Waals surface area (Å²) in [5.74, 6) is -0.0434. The number of hydrogen-bond acceptors (Lipinski definition) is 3. The van der Waals surface area contributed by atoms with E-state index in [1.54, 1.807) is 4.68 Å². The topological polar surface area (TPSA) is 44.1 Å². The first-order valence-corrected chi connectivity index (χ1v) is 6.86. The van der Waals surface area contributed by atoms with E-state index < -0.39 is 5.60 Å². The highest BCUT2D eigenvalue weighted by molar-refractivity contribution is 6.34. The number of ketones is 1. The second-order valence-corrected chi connectivity index (χ2v) is 5.34. The Balaban J connectivity index is 2.29. The van der Waals surface area contributed by atoms with Gasteiger partial charge in [-0.15, -0.1) is 0 Å². The third-order valence-corrected chi connectivity index (χ3v) is 3.67. The van der Waals surface area contributed by atoms with E-state index in [1.165, 1.54) is 6.20 Å². The molecule has 18 heavy (non-hydrogen) atoms. The quantitative estimate of drug-likeness (QED) is 0.790. The molecule has 0 N–H and O–H groups in total. The van der Waals surface area contributed by atoms with Gasteiger partial charge in [-0.2, -0.15) is 5.10 Å². The summed E-state index contributed by atoms with van der Waals surface area (Å²) in [7, 11) is 0. The van der Waals surface area contributed by atoms with Crippen LogP contribution in [0.1, 0.15) is 50.0 Å². The zero-order chi connectivity index (χ0) is 13.2. The maximum atomic E-state index is 12.6. The molecule has 0 amide bonds. The van der Waals surface area contributed by atoms with E-state index in [-0.39, 0.29) is 5.78 Å². The summed E-state index contributed by atoms with van der Waals surface area (Å²) < 4.78 is 7.38. The van der Waals surface area contributed by atoms with E-state index in [2.05, 4.69) is 5.10 Å². The predicted molar refractivity (Wildman–Crippen MR) is 70.1 cm³/mol. The van der Waals surface area contributed by atoms with Crippen molar-refractivity contribution in [2.24, 2.45) is 0 Å². The highest BCUT2D eigenvalue weighted by atomic mass is 35.5. The van der Waals surface area contributed by atoms with Gasteiger partial charge in [0.15, 0.2) is 0 Å². The molecule has 1 aromatic rings. The fourth-order valence-electron chi connectivity index (χ4n) is 2.33. The SMILES string of the molecule is CCCn1ncc(Cl)c1C(=O)C1(C)CCCCO1. The Bertz CT molecular complexity index is 436. The molecule has 100 valence electrons. The summed E-state index contributed by atoms with van der Waals surface area (Å²) in [5, 5.41) is 4.58. The largest absolute Gasteiger partial charge is 0.367 e. The van der Waals surface area contributed by atoms with Crippen LogP contribution in [0.4, 0.5) is 0 Å². The van der Waals surface area contributed by atoms with Crippen LogP contribution in [0.15, 0.2) is 6.20 Å². The van der Waals surface area contributed by atoms with Crippen molar-refractivity contribution < 1.29 is 9.53 Å². The normalized spacial score (nSPS) is 24.2. The molecule has 0 spiro atoms. The van der Waals surface area contributed by atoms with Crippen LogP contribution in [0.3, 0.4) is 0 Å². The molecule has 1 atom stereocenters. The lowest BCUT2D eigenvalue weighted by Gasteiger charge is -2.32. The van der Waals surface area contributed by atoms with Crippen molar-refractivity contribution >= 4 is 17.4 Å². The third kappa shape index (κ3) is 2.45. The van der Waals surface area contributed by atoms with Crippen molar-refractivity contribution in [1.82, 2.24) is 9.78 Å². The Hall–Kier alpha value is -0.870. The first kappa shape index (κ1) is 13.6. The summed E-state index contributed by atoms with van der Waals surface area (Å²) in [6.07, 6.45) is 5.23. The lowest BCUT2D eigenvalue weighted by molar-refractivity contribution is -0.0431. The predicted octanol–water partition coefficient (Wildman–Crippen LogP) is 3.09. The molecule has 0 aromatic carbocycles. The van der Waals surface area contributed by atoms with Gasteiger partial charge in [0.05, 0.1) is 11.2 Å². The lowest BCUT2D eigenvalue weighted by Crippen LogP contribution is -2.42. The fraction of sp³-hybridized carbons (Fsp3) is 0.692. The number of nitrogens with zero attached hydrogens (tertiary/aromatic N) is 2. The molecule has 2 rings (SSSR count). The van der Waals surface area contributed by atoms with Crippen molar-refractivity contribution in [3.8, 4) is 0 Å². The number of carbonyl (C=O) groups is 1. The molecular weight excluding hydrogens is 252 g/mol. The van der Waals surface area contributed by atoms with Gasteiger partial charge in [-0.1, -0.05) is 18.5 Å².